The second kappa shape index (κ2) is 7.05. The number of nitrogens with zero attached hydrogens (tertiary/aromatic N) is 2. The van der Waals surface area contributed by atoms with E-state index < -0.39 is 0 Å². The van der Waals surface area contributed by atoms with E-state index >= 15 is 0 Å². The lowest BCUT2D eigenvalue weighted by molar-refractivity contribution is 0.341. The van der Waals surface area contributed by atoms with Crippen LogP contribution in [-0.2, 0) is 25.8 Å². The first-order chi connectivity index (χ1) is 12.3. The summed E-state index contributed by atoms with van der Waals surface area (Å²) in [7, 11) is 2.26. The number of aromatic nitrogens is 1. The quantitative estimate of drug-likeness (QED) is 0.662. The minimum atomic E-state index is 1.06. The predicted octanol–water partition coefficient (Wildman–Crippen LogP) is 4.67. The lowest BCUT2D eigenvalue weighted by atomic mass is 9.96. The smallest absolute Gasteiger partial charge is 0.0485 e. The molecule has 0 fully saturated rings. The first kappa shape index (κ1) is 16.4. The van der Waals surface area contributed by atoms with Crippen LogP contribution in [0.5, 0.6) is 0 Å². The SMILES string of the molecule is CCCn1c2c(c3ccccc31)CCN(C)CCc1ccccc1C2. The highest BCUT2D eigenvalue weighted by atomic mass is 15.1. The van der Waals surface area contributed by atoms with Crippen LogP contribution in [0.15, 0.2) is 48.5 Å². The number of rotatable bonds is 2. The van der Waals surface area contributed by atoms with E-state index in [4.69, 9.17) is 0 Å². The Hall–Kier alpha value is -2.06. The Bertz CT molecular complexity index is 875. The van der Waals surface area contributed by atoms with Gasteiger partial charge in [0.1, 0.15) is 0 Å². The van der Waals surface area contributed by atoms with E-state index in [1.807, 2.05) is 0 Å². The van der Waals surface area contributed by atoms with Crippen molar-refractivity contribution >= 4 is 10.9 Å². The molecule has 0 radical (unpaired) electrons. The van der Waals surface area contributed by atoms with Gasteiger partial charge in [-0.3, -0.25) is 0 Å². The van der Waals surface area contributed by atoms with E-state index in [0.717, 1.165) is 38.9 Å². The molecular formula is C23H28N2. The van der Waals surface area contributed by atoms with Crippen LogP contribution in [0.1, 0.15) is 35.7 Å². The molecular weight excluding hydrogens is 304 g/mol. The summed E-state index contributed by atoms with van der Waals surface area (Å²) in [6.07, 6.45) is 4.53. The van der Waals surface area contributed by atoms with Crippen LogP contribution in [-0.4, -0.2) is 29.6 Å². The molecule has 2 heterocycles. The number of aryl methyl sites for hydroxylation is 1. The highest BCUT2D eigenvalue weighted by molar-refractivity contribution is 5.86. The molecule has 4 rings (SSSR count). The fourth-order valence-electron chi connectivity index (χ4n) is 4.27. The number of benzene rings is 2. The summed E-state index contributed by atoms with van der Waals surface area (Å²) in [5, 5.41) is 1.46. The van der Waals surface area contributed by atoms with Crippen LogP contribution in [0.4, 0.5) is 0 Å². The predicted molar refractivity (Wildman–Crippen MR) is 106 cm³/mol. The molecule has 1 aliphatic heterocycles. The van der Waals surface area contributed by atoms with Gasteiger partial charge >= 0.3 is 0 Å². The van der Waals surface area contributed by atoms with Gasteiger partial charge in [-0.1, -0.05) is 49.4 Å². The molecule has 1 aromatic heterocycles. The van der Waals surface area contributed by atoms with Crippen molar-refractivity contribution in [2.75, 3.05) is 20.1 Å². The van der Waals surface area contributed by atoms with Crippen molar-refractivity contribution in [1.29, 1.82) is 0 Å². The topological polar surface area (TPSA) is 8.17 Å². The van der Waals surface area contributed by atoms with E-state index in [1.54, 1.807) is 5.56 Å². The largest absolute Gasteiger partial charge is 0.344 e. The minimum absolute atomic E-state index is 1.06. The van der Waals surface area contributed by atoms with Crippen molar-refractivity contribution in [1.82, 2.24) is 9.47 Å². The molecule has 0 spiro atoms. The van der Waals surface area contributed by atoms with Gasteiger partial charge in [0, 0.05) is 42.7 Å². The zero-order valence-electron chi connectivity index (χ0n) is 15.5. The summed E-state index contributed by atoms with van der Waals surface area (Å²) < 4.78 is 2.59. The van der Waals surface area contributed by atoms with Gasteiger partial charge in [-0.15, -0.1) is 0 Å². The third-order valence-electron chi connectivity index (χ3n) is 5.62. The molecule has 0 saturated heterocycles. The third kappa shape index (κ3) is 3.11. The Morgan fingerprint density at radius 3 is 2.44 bits per heavy atom. The summed E-state index contributed by atoms with van der Waals surface area (Å²) in [4.78, 5) is 2.48. The van der Waals surface area contributed by atoms with Crippen molar-refractivity contribution in [3.8, 4) is 0 Å². The number of hydrogen-bond donors (Lipinski definition) is 0. The molecule has 0 unspecified atom stereocenters. The van der Waals surface area contributed by atoms with Crippen LogP contribution in [0.3, 0.4) is 0 Å². The van der Waals surface area contributed by atoms with Gasteiger partial charge < -0.3 is 9.47 Å². The summed E-state index contributed by atoms with van der Waals surface area (Å²) in [6.45, 7) is 5.66. The van der Waals surface area contributed by atoms with E-state index in [9.17, 15) is 0 Å². The highest BCUT2D eigenvalue weighted by Crippen LogP contribution is 2.30. The number of hydrogen-bond acceptors (Lipinski definition) is 1. The fourth-order valence-corrected chi connectivity index (χ4v) is 4.27. The Kier molecular flexibility index (Phi) is 4.63. The maximum absolute atomic E-state index is 2.59. The van der Waals surface area contributed by atoms with Crippen molar-refractivity contribution in [3.05, 3.63) is 70.9 Å². The first-order valence-corrected chi connectivity index (χ1v) is 9.62. The Labute approximate surface area is 151 Å². The third-order valence-corrected chi connectivity index (χ3v) is 5.62. The van der Waals surface area contributed by atoms with Gasteiger partial charge in [-0.2, -0.15) is 0 Å². The van der Waals surface area contributed by atoms with Gasteiger partial charge in [0.25, 0.3) is 0 Å². The molecule has 2 heteroatoms. The Balaban J connectivity index is 1.92. The monoisotopic (exact) mass is 332 g/mol. The Morgan fingerprint density at radius 2 is 1.60 bits per heavy atom. The normalized spacial score (nSPS) is 15.8. The second-order valence-corrected chi connectivity index (χ2v) is 7.34. The molecule has 2 nitrogen and oxygen atoms in total. The fraction of sp³-hybridized carbons (Fsp3) is 0.391. The number of fused-ring (bicyclic) bond motifs is 4. The van der Waals surface area contributed by atoms with Gasteiger partial charge in [-0.25, -0.2) is 0 Å². The molecule has 1 aliphatic rings. The van der Waals surface area contributed by atoms with Gasteiger partial charge in [-0.05, 0) is 49.1 Å². The minimum Gasteiger partial charge on any atom is -0.344 e. The van der Waals surface area contributed by atoms with Crippen molar-refractivity contribution in [3.63, 3.8) is 0 Å². The molecule has 2 aromatic carbocycles. The zero-order chi connectivity index (χ0) is 17.2. The van der Waals surface area contributed by atoms with Crippen LogP contribution < -0.4 is 0 Å². The zero-order valence-corrected chi connectivity index (χ0v) is 15.5. The average Bonchev–Trinajstić information content (AvgIpc) is 2.93. The van der Waals surface area contributed by atoms with E-state index in [-0.39, 0.29) is 0 Å². The van der Waals surface area contributed by atoms with Crippen molar-refractivity contribution in [2.45, 2.75) is 39.2 Å². The van der Waals surface area contributed by atoms with Crippen LogP contribution in [0.25, 0.3) is 10.9 Å². The van der Waals surface area contributed by atoms with E-state index in [0.29, 0.717) is 0 Å². The second-order valence-electron chi connectivity index (χ2n) is 7.34. The van der Waals surface area contributed by atoms with Gasteiger partial charge in [0.15, 0.2) is 0 Å². The standard InChI is InChI=1S/C23H28N2/c1-3-14-25-22-11-7-6-10-20(22)21-13-16-24(2)15-12-18-8-4-5-9-19(18)17-23(21)25/h4-11H,3,12-17H2,1-2H3. The summed E-state index contributed by atoms with van der Waals surface area (Å²) in [5.74, 6) is 0. The van der Waals surface area contributed by atoms with Gasteiger partial charge in [0.05, 0.1) is 0 Å². The average molecular weight is 332 g/mol. The highest BCUT2D eigenvalue weighted by Gasteiger charge is 2.19. The molecule has 0 aliphatic carbocycles. The number of para-hydroxylation sites is 1. The van der Waals surface area contributed by atoms with Gasteiger partial charge in [0.2, 0.25) is 0 Å². The lowest BCUT2D eigenvalue weighted by Gasteiger charge is -2.21. The van der Waals surface area contributed by atoms with Crippen molar-refractivity contribution in [2.24, 2.45) is 0 Å². The lowest BCUT2D eigenvalue weighted by Crippen LogP contribution is -2.25. The maximum Gasteiger partial charge on any atom is 0.0485 e. The van der Waals surface area contributed by atoms with Crippen LogP contribution in [0, 0.1) is 0 Å². The summed E-state index contributed by atoms with van der Waals surface area (Å²) in [5.41, 5.74) is 7.52. The Morgan fingerprint density at radius 1 is 0.880 bits per heavy atom. The molecule has 0 saturated carbocycles. The molecule has 0 amide bonds. The molecule has 25 heavy (non-hydrogen) atoms. The molecule has 130 valence electrons. The van der Waals surface area contributed by atoms with Crippen LogP contribution >= 0.6 is 0 Å². The van der Waals surface area contributed by atoms with Crippen molar-refractivity contribution < 1.29 is 0 Å². The van der Waals surface area contributed by atoms with Crippen LogP contribution in [0.2, 0.25) is 0 Å². The molecule has 0 N–H and O–H groups in total. The molecule has 0 bridgehead atoms. The van der Waals surface area contributed by atoms with E-state index in [1.165, 1.54) is 34.1 Å². The first-order valence-electron chi connectivity index (χ1n) is 9.62. The van der Waals surface area contributed by atoms with E-state index in [2.05, 4.69) is 72.0 Å². The summed E-state index contributed by atoms with van der Waals surface area (Å²) in [6, 6.07) is 18.0. The molecule has 3 aromatic rings. The number of likely N-dealkylation sites (N-methyl/N-ethyl adjacent to an activating group) is 1. The maximum atomic E-state index is 2.59. The molecule has 0 atom stereocenters. The summed E-state index contributed by atoms with van der Waals surface area (Å²) >= 11 is 0.